The molecule has 0 aromatic carbocycles. The van der Waals surface area contributed by atoms with Crippen molar-refractivity contribution < 1.29 is 4.74 Å². The molecular formula is C14H13B3ClN5O. The second-order valence-corrected chi connectivity index (χ2v) is 6.86. The molecule has 0 N–H and O–H groups in total. The SMILES string of the molecule is BC(B)(B)n1cnc2c(Cl)cc(Oc3cnc(C#N)cc3C)nc21. The summed E-state index contributed by atoms with van der Waals surface area (Å²) in [5.41, 5.74) is 2.42. The molecule has 3 rings (SSSR count). The van der Waals surface area contributed by atoms with Gasteiger partial charge in [0.05, 0.1) is 17.5 Å². The Morgan fingerprint density at radius 2 is 2.04 bits per heavy atom. The highest BCUT2D eigenvalue weighted by Gasteiger charge is 2.20. The van der Waals surface area contributed by atoms with Crippen LogP contribution in [0.15, 0.2) is 24.7 Å². The number of halogens is 1. The van der Waals surface area contributed by atoms with Crippen molar-refractivity contribution >= 4 is 46.3 Å². The maximum Gasteiger partial charge on any atom is 0.222 e. The Morgan fingerprint density at radius 1 is 1.29 bits per heavy atom. The molecule has 0 aliphatic carbocycles. The van der Waals surface area contributed by atoms with Gasteiger partial charge in [-0.2, -0.15) is 10.2 Å². The average molecular weight is 335 g/mol. The predicted octanol–water partition coefficient (Wildman–Crippen LogP) is -0.0808. The van der Waals surface area contributed by atoms with Gasteiger partial charge in [-0.25, -0.2) is 9.97 Å². The summed E-state index contributed by atoms with van der Waals surface area (Å²) in [6.45, 7) is 1.84. The maximum atomic E-state index is 8.89. The number of aromatic nitrogens is 4. The van der Waals surface area contributed by atoms with Crippen LogP contribution in [0.1, 0.15) is 11.3 Å². The van der Waals surface area contributed by atoms with E-state index in [-0.39, 0.29) is 5.24 Å². The number of nitrogens with zero attached hydrogens (tertiary/aromatic N) is 5. The molecule has 0 saturated heterocycles. The van der Waals surface area contributed by atoms with Crippen molar-refractivity contribution in [1.82, 2.24) is 19.5 Å². The van der Waals surface area contributed by atoms with Crippen LogP contribution in [0.4, 0.5) is 0 Å². The summed E-state index contributed by atoms with van der Waals surface area (Å²) >= 11 is 6.32. The number of pyridine rings is 2. The second-order valence-electron chi connectivity index (χ2n) is 6.45. The van der Waals surface area contributed by atoms with Crippen molar-refractivity contribution in [3.63, 3.8) is 0 Å². The standard InChI is InChI=1S/C14H13B3ClN5O/c1-7-2-8(4-19)20-5-10(7)24-11-3-9(18)12-13(22-11)23(6-21-12)14(15,16)17/h2-3,5-6H,15-17H2,1H3. The van der Waals surface area contributed by atoms with Crippen molar-refractivity contribution in [3.8, 4) is 17.7 Å². The number of aryl methyl sites for hydroxylation is 1. The number of imidazole rings is 1. The summed E-state index contributed by atoms with van der Waals surface area (Å²) in [7, 11) is 6.18. The van der Waals surface area contributed by atoms with Crippen LogP contribution < -0.4 is 4.74 Å². The quantitative estimate of drug-likeness (QED) is 0.626. The van der Waals surface area contributed by atoms with Crippen molar-refractivity contribution in [2.45, 2.75) is 12.2 Å². The van der Waals surface area contributed by atoms with E-state index in [1.807, 2.05) is 17.6 Å². The van der Waals surface area contributed by atoms with Gasteiger partial charge in [-0.15, -0.1) is 0 Å². The molecule has 0 aliphatic heterocycles. The van der Waals surface area contributed by atoms with Gasteiger partial charge in [0, 0.05) is 6.07 Å². The van der Waals surface area contributed by atoms with E-state index in [0.717, 1.165) is 5.56 Å². The molecule has 3 aromatic rings. The Bertz CT molecular complexity index is 977. The highest BCUT2D eigenvalue weighted by atomic mass is 35.5. The van der Waals surface area contributed by atoms with Gasteiger partial charge in [0.2, 0.25) is 5.88 Å². The molecule has 0 saturated carbocycles. The molecule has 6 nitrogen and oxygen atoms in total. The number of rotatable bonds is 3. The first-order valence-electron chi connectivity index (χ1n) is 7.38. The molecule has 0 aliphatic rings. The summed E-state index contributed by atoms with van der Waals surface area (Å²) in [5.74, 6) is 0.881. The van der Waals surface area contributed by atoms with E-state index >= 15 is 0 Å². The normalized spacial score (nSPS) is 11.4. The van der Waals surface area contributed by atoms with E-state index in [4.69, 9.17) is 21.6 Å². The minimum absolute atomic E-state index is 0.185. The van der Waals surface area contributed by atoms with Gasteiger partial charge in [0.25, 0.3) is 0 Å². The molecule has 116 valence electrons. The van der Waals surface area contributed by atoms with Gasteiger partial charge >= 0.3 is 0 Å². The fourth-order valence-corrected chi connectivity index (χ4v) is 2.52. The van der Waals surface area contributed by atoms with Crippen molar-refractivity contribution in [2.24, 2.45) is 0 Å². The van der Waals surface area contributed by atoms with E-state index < -0.39 is 0 Å². The summed E-state index contributed by atoms with van der Waals surface area (Å²) < 4.78 is 7.78. The predicted molar refractivity (Wildman–Crippen MR) is 99.9 cm³/mol. The monoisotopic (exact) mass is 335 g/mol. The molecule has 24 heavy (non-hydrogen) atoms. The zero-order valence-electron chi connectivity index (χ0n) is 13.8. The minimum Gasteiger partial charge on any atom is -0.437 e. The first-order valence-corrected chi connectivity index (χ1v) is 7.76. The molecular weight excluding hydrogens is 322 g/mol. The molecule has 0 radical (unpaired) electrons. The van der Waals surface area contributed by atoms with Crippen molar-refractivity contribution in [1.29, 1.82) is 5.26 Å². The van der Waals surface area contributed by atoms with E-state index in [0.29, 0.717) is 33.5 Å². The molecule has 0 spiro atoms. The first kappa shape index (κ1) is 16.4. The van der Waals surface area contributed by atoms with E-state index in [1.165, 1.54) is 6.20 Å². The Kier molecular flexibility index (Phi) is 4.02. The average Bonchev–Trinajstić information content (AvgIpc) is 2.94. The zero-order valence-corrected chi connectivity index (χ0v) is 14.6. The zero-order chi connectivity index (χ0) is 17.5. The van der Waals surface area contributed by atoms with Gasteiger partial charge in [-0.3, -0.25) is 0 Å². The third-order valence-corrected chi connectivity index (χ3v) is 3.84. The molecule has 0 bridgehead atoms. The topological polar surface area (TPSA) is 76.6 Å². The fourth-order valence-electron chi connectivity index (χ4n) is 2.30. The number of nitriles is 1. The highest BCUT2D eigenvalue weighted by Crippen LogP contribution is 2.30. The maximum absolute atomic E-state index is 8.89. The largest absolute Gasteiger partial charge is 0.437 e. The highest BCUT2D eigenvalue weighted by molar-refractivity contribution is 6.56. The van der Waals surface area contributed by atoms with Crippen LogP contribution in [0.25, 0.3) is 11.2 Å². The van der Waals surface area contributed by atoms with E-state index in [1.54, 1.807) is 18.5 Å². The summed E-state index contributed by atoms with van der Waals surface area (Å²) in [6.07, 6.45) is 3.23. The van der Waals surface area contributed by atoms with E-state index in [2.05, 4.69) is 38.5 Å². The van der Waals surface area contributed by atoms with Crippen LogP contribution in [0, 0.1) is 18.3 Å². The lowest BCUT2D eigenvalue weighted by Crippen LogP contribution is -2.34. The molecule has 3 aromatic heterocycles. The Morgan fingerprint density at radius 3 is 2.67 bits per heavy atom. The lowest BCUT2D eigenvalue weighted by Gasteiger charge is -2.21. The summed E-state index contributed by atoms with van der Waals surface area (Å²) in [6, 6.07) is 5.29. The molecule has 0 amide bonds. The van der Waals surface area contributed by atoms with Crippen LogP contribution in [-0.4, -0.2) is 43.1 Å². The fraction of sp³-hybridized carbons (Fsp3) is 0.143. The van der Waals surface area contributed by atoms with Gasteiger partial charge in [0.1, 0.15) is 40.8 Å². The third kappa shape index (κ3) is 2.97. The molecule has 0 unspecified atom stereocenters. The second kappa shape index (κ2) is 5.88. The number of ether oxygens (including phenoxy) is 1. The Balaban J connectivity index is 2.06. The van der Waals surface area contributed by atoms with Crippen LogP contribution in [0.2, 0.25) is 5.02 Å². The van der Waals surface area contributed by atoms with Crippen molar-refractivity contribution in [2.75, 3.05) is 0 Å². The van der Waals surface area contributed by atoms with Gasteiger partial charge < -0.3 is 9.30 Å². The summed E-state index contributed by atoms with van der Waals surface area (Å²) in [4.78, 5) is 12.9. The third-order valence-electron chi connectivity index (χ3n) is 3.55. The van der Waals surface area contributed by atoms with Gasteiger partial charge in [-0.1, -0.05) is 11.6 Å². The van der Waals surface area contributed by atoms with Gasteiger partial charge in [0.15, 0.2) is 11.4 Å². The van der Waals surface area contributed by atoms with Crippen LogP contribution >= 0.6 is 11.6 Å². The minimum atomic E-state index is -0.185. The Hall–Kier alpha value is -2.46. The lowest BCUT2D eigenvalue weighted by molar-refractivity contribution is 0.458. The van der Waals surface area contributed by atoms with Crippen LogP contribution in [-0.2, 0) is 5.24 Å². The molecule has 10 heteroatoms. The van der Waals surface area contributed by atoms with Gasteiger partial charge in [-0.05, 0) is 23.8 Å². The number of fused-ring (bicyclic) bond motifs is 1. The van der Waals surface area contributed by atoms with Crippen LogP contribution in [0.3, 0.4) is 0 Å². The molecule has 0 atom stereocenters. The first-order chi connectivity index (χ1) is 11.3. The number of hydrogen-bond acceptors (Lipinski definition) is 5. The smallest absolute Gasteiger partial charge is 0.222 e. The Labute approximate surface area is 147 Å². The molecule has 0 fully saturated rings. The molecule has 3 heterocycles. The lowest BCUT2D eigenvalue weighted by atomic mass is 9.49. The number of hydrogen-bond donors (Lipinski definition) is 0. The summed E-state index contributed by atoms with van der Waals surface area (Å²) in [5, 5.41) is 9.17. The van der Waals surface area contributed by atoms with Crippen LogP contribution in [0.5, 0.6) is 11.6 Å². The van der Waals surface area contributed by atoms with E-state index in [9.17, 15) is 0 Å². The van der Waals surface area contributed by atoms with Crippen molar-refractivity contribution in [3.05, 3.63) is 40.9 Å².